The third-order valence-electron chi connectivity index (χ3n) is 18.0. The molecule has 0 radical (unpaired) electrons. The molecule has 0 N–H and O–H groups in total. The number of nitrogens with zero attached hydrogens (tertiary/aromatic N) is 3. The normalized spacial score (nSPS) is 11.9. The lowest BCUT2D eigenvalue weighted by molar-refractivity contribution is -0.137. The average molecular weight is 1140 g/mol. The molecule has 13 aromatic rings. The predicted octanol–water partition coefficient (Wildman–Crippen LogP) is 22.8. The number of hydrogen-bond donors (Lipinski definition) is 0. The third-order valence-corrected chi connectivity index (χ3v) is 18.0. The van der Waals surface area contributed by atoms with Crippen molar-refractivity contribution in [3.8, 4) is 84.2 Å². The van der Waals surface area contributed by atoms with E-state index >= 15 is 0 Å². The molecule has 0 amide bonds. The van der Waals surface area contributed by atoms with Crippen molar-refractivity contribution < 1.29 is 13.2 Å². The number of halogens is 3. The zero-order valence-electron chi connectivity index (χ0n) is 51.7. The van der Waals surface area contributed by atoms with Crippen molar-refractivity contribution in [2.24, 2.45) is 0 Å². The lowest BCUT2D eigenvalue weighted by atomic mass is 9.91. The fourth-order valence-corrected chi connectivity index (χ4v) is 15.0. The molecule has 13 rings (SSSR count). The zero-order chi connectivity index (χ0) is 61.2. The van der Waals surface area contributed by atoms with Crippen LogP contribution in [-0.2, 0) is 6.18 Å². The average Bonchev–Trinajstić information content (AvgIpc) is 1.62. The highest BCUT2D eigenvalue weighted by Gasteiger charge is 2.32. The molecule has 0 saturated heterocycles. The van der Waals surface area contributed by atoms with Crippen LogP contribution in [0, 0.1) is 101 Å². The fraction of sp³-hybridized carbons (Fsp3) is 0.173. The second-order valence-electron chi connectivity index (χ2n) is 24.9. The molecule has 3 nitrogen and oxygen atoms in total. The van der Waals surface area contributed by atoms with Crippen molar-refractivity contribution >= 4 is 43.6 Å². The first-order valence-electron chi connectivity index (χ1n) is 29.9. The van der Waals surface area contributed by atoms with Crippen LogP contribution in [0.1, 0.15) is 83.5 Å². The van der Waals surface area contributed by atoms with Gasteiger partial charge in [-0.1, -0.05) is 119 Å². The Kier molecular flexibility index (Phi) is 13.7. The van der Waals surface area contributed by atoms with Gasteiger partial charge in [0.2, 0.25) is 0 Å². The van der Waals surface area contributed by atoms with Gasteiger partial charge in [0.25, 0.3) is 0 Å². The SMILES string of the molecule is Cc1cc(-c2ccc(-c3ccc(C#N)cc3-n3c4ccc(-c5c(C)cc(C)cc5C)cc4c4cc(-c5c(C)cc(C)cc5C)ccc43)c(-n3c4ccc(-c5c(C)cc(C)cc5C)cc4c4cc(-c5c(C)cc(C)cc5C)ccc43)c2)cc(C(F)(F)F)c1. The van der Waals surface area contributed by atoms with Gasteiger partial charge in [-0.05, 0) is 275 Å². The summed E-state index contributed by atoms with van der Waals surface area (Å²) in [6.45, 7) is 27.8. The van der Waals surface area contributed by atoms with Crippen molar-refractivity contribution in [1.29, 1.82) is 5.26 Å². The summed E-state index contributed by atoms with van der Waals surface area (Å²) >= 11 is 0. The van der Waals surface area contributed by atoms with Gasteiger partial charge in [0.1, 0.15) is 0 Å². The highest BCUT2D eigenvalue weighted by molar-refractivity contribution is 6.14. The third kappa shape index (κ3) is 9.71. The molecular weight excluding hydrogens is 1070 g/mol. The van der Waals surface area contributed by atoms with Crippen LogP contribution in [0.25, 0.3) is 122 Å². The molecule has 2 aromatic heterocycles. The Morgan fingerprint density at radius 2 is 0.598 bits per heavy atom. The summed E-state index contributed by atoms with van der Waals surface area (Å²) in [5.41, 5.74) is 32.2. The summed E-state index contributed by atoms with van der Waals surface area (Å²) in [6, 6.07) is 63.9. The van der Waals surface area contributed by atoms with Gasteiger partial charge in [-0.25, -0.2) is 0 Å². The molecule has 0 fully saturated rings. The van der Waals surface area contributed by atoms with Crippen LogP contribution in [0.15, 0.2) is 176 Å². The smallest absolute Gasteiger partial charge is 0.309 e. The minimum absolute atomic E-state index is 0.461. The fourth-order valence-electron chi connectivity index (χ4n) is 15.0. The van der Waals surface area contributed by atoms with Crippen molar-refractivity contribution in [3.05, 3.63) is 259 Å². The quantitative estimate of drug-likeness (QED) is 0.149. The minimum Gasteiger partial charge on any atom is -0.309 e. The first-order chi connectivity index (χ1) is 41.5. The predicted molar refractivity (Wildman–Crippen MR) is 359 cm³/mol. The van der Waals surface area contributed by atoms with Gasteiger partial charge >= 0.3 is 6.18 Å². The highest BCUT2D eigenvalue weighted by atomic mass is 19.4. The van der Waals surface area contributed by atoms with E-state index in [4.69, 9.17) is 0 Å². The number of hydrogen-bond acceptors (Lipinski definition) is 1. The molecule has 0 spiro atoms. The number of aryl methyl sites for hydroxylation is 13. The van der Waals surface area contributed by atoms with E-state index in [9.17, 15) is 18.4 Å². The number of alkyl halides is 3. The van der Waals surface area contributed by atoms with Crippen molar-refractivity contribution in [2.45, 2.75) is 96.2 Å². The van der Waals surface area contributed by atoms with Crippen LogP contribution in [0.5, 0.6) is 0 Å². The molecular formula is C81H68F3N3. The van der Waals surface area contributed by atoms with Gasteiger partial charge in [-0.3, -0.25) is 0 Å². The van der Waals surface area contributed by atoms with E-state index in [0.717, 1.165) is 88.4 Å². The maximum Gasteiger partial charge on any atom is 0.416 e. The maximum atomic E-state index is 14.8. The summed E-state index contributed by atoms with van der Waals surface area (Å²) in [5, 5.41) is 15.1. The van der Waals surface area contributed by atoms with Crippen LogP contribution in [0.2, 0.25) is 0 Å². The first kappa shape index (κ1) is 56.4. The topological polar surface area (TPSA) is 33.6 Å². The van der Waals surface area contributed by atoms with Crippen LogP contribution in [0.3, 0.4) is 0 Å². The second-order valence-corrected chi connectivity index (χ2v) is 24.9. The van der Waals surface area contributed by atoms with E-state index < -0.39 is 11.7 Å². The molecule has 0 aliphatic rings. The molecule has 0 unspecified atom stereocenters. The number of rotatable bonds is 8. The standard InChI is InChI=1S/C81H68F3N3/c1-44-26-49(6)77(50(7)27-44)59-16-22-71-67(38-59)68-39-60(78-51(8)28-45(2)29-52(78)9)17-23-72(68)86(71)75-36-57(43-85)14-20-65(75)66-21-15-58(63-34-48(5)35-64(37-63)81(82,83)84)42-76(66)87-73-24-18-61(79-53(10)30-46(3)31-54(79)11)40-69(73)70-41-62(19-25-74(70)87)80-55(12)32-47(4)33-56(80)13/h14-42H,1-13H3. The van der Waals surface area contributed by atoms with E-state index in [0.29, 0.717) is 22.3 Å². The first-order valence-corrected chi connectivity index (χ1v) is 29.9. The summed E-state index contributed by atoms with van der Waals surface area (Å²) < 4.78 is 49.0. The molecule has 87 heavy (non-hydrogen) atoms. The Balaban J connectivity index is 1.14. The summed E-state index contributed by atoms with van der Waals surface area (Å²) in [6.07, 6.45) is -4.55. The van der Waals surface area contributed by atoms with E-state index in [1.807, 2.05) is 24.3 Å². The van der Waals surface area contributed by atoms with E-state index in [1.165, 1.54) is 101 Å². The lowest BCUT2D eigenvalue weighted by Crippen LogP contribution is -2.05. The lowest BCUT2D eigenvalue weighted by Gasteiger charge is -2.21. The number of benzene rings is 11. The van der Waals surface area contributed by atoms with Crippen LogP contribution in [0.4, 0.5) is 13.2 Å². The molecule has 0 bridgehead atoms. The molecule has 2 heterocycles. The van der Waals surface area contributed by atoms with E-state index in [-0.39, 0.29) is 0 Å². The molecule has 0 aliphatic heterocycles. The highest BCUT2D eigenvalue weighted by Crippen LogP contribution is 2.47. The number of fused-ring (bicyclic) bond motifs is 6. The van der Waals surface area contributed by atoms with Gasteiger partial charge in [-0.2, -0.15) is 18.4 Å². The Hall–Kier alpha value is -9.70. The zero-order valence-corrected chi connectivity index (χ0v) is 51.7. The Morgan fingerprint density at radius 1 is 0.299 bits per heavy atom. The monoisotopic (exact) mass is 1140 g/mol. The van der Waals surface area contributed by atoms with Gasteiger partial charge in [0.15, 0.2) is 0 Å². The molecule has 0 saturated carbocycles. The van der Waals surface area contributed by atoms with Crippen molar-refractivity contribution in [3.63, 3.8) is 0 Å². The maximum absolute atomic E-state index is 14.8. The summed E-state index contributed by atoms with van der Waals surface area (Å²) in [5.74, 6) is 0. The summed E-state index contributed by atoms with van der Waals surface area (Å²) in [7, 11) is 0. The Labute approximate surface area is 508 Å². The van der Waals surface area contributed by atoms with Gasteiger partial charge < -0.3 is 9.13 Å². The van der Waals surface area contributed by atoms with Crippen molar-refractivity contribution in [2.75, 3.05) is 0 Å². The number of nitriles is 1. The Bertz CT molecular complexity index is 4800. The van der Waals surface area contributed by atoms with Gasteiger partial charge in [0, 0.05) is 32.7 Å². The van der Waals surface area contributed by atoms with E-state index in [2.05, 4.69) is 238 Å². The molecule has 6 heteroatoms. The van der Waals surface area contributed by atoms with E-state index in [1.54, 1.807) is 6.92 Å². The molecule has 0 atom stereocenters. The minimum atomic E-state index is -4.55. The van der Waals surface area contributed by atoms with Crippen molar-refractivity contribution in [1.82, 2.24) is 9.13 Å². The summed E-state index contributed by atoms with van der Waals surface area (Å²) in [4.78, 5) is 0. The van der Waals surface area contributed by atoms with Crippen LogP contribution < -0.4 is 0 Å². The largest absolute Gasteiger partial charge is 0.416 e. The number of aromatic nitrogens is 2. The Morgan fingerprint density at radius 3 is 0.920 bits per heavy atom. The second kappa shape index (κ2) is 21.1. The molecule has 0 aliphatic carbocycles. The molecule has 428 valence electrons. The molecule has 11 aromatic carbocycles. The van der Waals surface area contributed by atoms with Crippen LogP contribution in [-0.4, -0.2) is 9.13 Å². The van der Waals surface area contributed by atoms with Crippen LogP contribution >= 0.6 is 0 Å². The van der Waals surface area contributed by atoms with Gasteiger partial charge in [0.05, 0.1) is 50.6 Å². The van der Waals surface area contributed by atoms with Gasteiger partial charge in [-0.15, -0.1) is 0 Å².